The molecule has 0 aliphatic rings. The van der Waals surface area contributed by atoms with Gasteiger partial charge < -0.3 is 30.3 Å². The summed E-state index contributed by atoms with van der Waals surface area (Å²) in [5.41, 5.74) is 0. The molecule has 10 heteroatoms. The van der Waals surface area contributed by atoms with Crippen LogP contribution in [0.5, 0.6) is 0 Å². The summed E-state index contributed by atoms with van der Waals surface area (Å²) < 4.78 is 9.04. The fourth-order valence-corrected chi connectivity index (χ4v) is 1.24. The lowest BCUT2D eigenvalue weighted by molar-refractivity contribution is -0.146. The van der Waals surface area contributed by atoms with Crippen molar-refractivity contribution < 1.29 is 38.9 Å². The predicted molar refractivity (Wildman–Crippen MR) is 101 cm³/mol. The molecule has 2 atom stereocenters. The van der Waals surface area contributed by atoms with E-state index in [0.29, 0.717) is 0 Å². The van der Waals surface area contributed by atoms with E-state index in [9.17, 15) is 29.4 Å². The van der Waals surface area contributed by atoms with Crippen LogP contribution in [0.1, 0.15) is 0 Å². The van der Waals surface area contributed by atoms with Crippen LogP contribution >= 0.6 is 0 Å². The number of carbonyl (C=O) groups is 4. The normalized spacial score (nSPS) is 11.2. The Morgan fingerprint density at radius 3 is 1.32 bits per heavy atom. The van der Waals surface area contributed by atoms with Gasteiger partial charge in [-0.1, -0.05) is 25.3 Å². The molecule has 0 aromatic carbocycles. The third kappa shape index (κ3) is 14.0. The first-order chi connectivity index (χ1) is 13.2. The molecule has 2 unspecified atom stereocenters. The zero-order valence-corrected chi connectivity index (χ0v) is 15.5. The molecule has 0 spiro atoms. The van der Waals surface area contributed by atoms with Crippen LogP contribution in [-0.4, -0.2) is 72.5 Å². The van der Waals surface area contributed by atoms with E-state index in [0.717, 1.165) is 12.2 Å². The summed E-state index contributed by atoms with van der Waals surface area (Å²) in [5, 5.41) is 23.1. The van der Waals surface area contributed by atoms with Crippen molar-refractivity contribution >= 4 is 23.8 Å². The Morgan fingerprint density at radius 2 is 1.07 bits per heavy atom. The van der Waals surface area contributed by atoms with E-state index < -0.39 is 36.0 Å². The summed E-state index contributed by atoms with van der Waals surface area (Å²) in [4.78, 5) is 43.2. The van der Waals surface area contributed by atoms with E-state index in [1.165, 1.54) is 12.2 Å². The first-order valence-electron chi connectivity index (χ1n) is 7.96. The molecule has 0 heterocycles. The number of hydrogen-bond acceptors (Lipinski definition) is 8. The molecule has 0 radical (unpaired) electrons. The van der Waals surface area contributed by atoms with Crippen molar-refractivity contribution in [2.24, 2.45) is 0 Å². The summed E-state index contributed by atoms with van der Waals surface area (Å²) >= 11 is 0. The number of carbonyl (C=O) groups excluding carboxylic acids is 4. The van der Waals surface area contributed by atoms with Crippen molar-refractivity contribution in [3.63, 3.8) is 0 Å². The molecule has 10 nitrogen and oxygen atoms in total. The molecule has 2 amide bonds. The second kappa shape index (κ2) is 17.2. The van der Waals surface area contributed by atoms with E-state index in [-0.39, 0.29) is 26.3 Å². The van der Waals surface area contributed by atoms with Gasteiger partial charge in [-0.2, -0.15) is 0 Å². The SMILES string of the molecule is C=CC(=O)OCCOC(=O)C=C.C=CCNC(=O)C(O)C(O)C(=O)NCC=C. The summed E-state index contributed by atoms with van der Waals surface area (Å²) in [6, 6.07) is 0. The van der Waals surface area contributed by atoms with Crippen molar-refractivity contribution in [3.05, 3.63) is 50.6 Å². The van der Waals surface area contributed by atoms with Crippen LogP contribution in [0.3, 0.4) is 0 Å². The molecule has 156 valence electrons. The molecule has 0 rings (SSSR count). The summed E-state index contributed by atoms with van der Waals surface area (Å²) in [6.07, 6.45) is 1.29. The van der Waals surface area contributed by atoms with Crippen LogP contribution < -0.4 is 10.6 Å². The lowest BCUT2D eigenvalue weighted by atomic mass is 10.2. The second-order valence-corrected chi connectivity index (χ2v) is 4.70. The molecule has 0 aliphatic heterocycles. The number of aliphatic hydroxyl groups excluding tert-OH is 2. The monoisotopic (exact) mass is 398 g/mol. The van der Waals surface area contributed by atoms with Gasteiger partial charge in [0.05, 0.1) is 0 Å². The van der Waals surface area contributed by atoms with E-state index in [1.807, 2.05) is 0 Å². The van der Waals surface area contributed by atoms with Crippen molar-refractivity contribution in [2.75, 3.05) is 26.3 Å². The van der Waals surface area contributed by atoms with Crippen molar-refractivity contribution in [3.8, 4) is 0 Å². The van der Waals surface area contributed by atoms with Crippen LogP contribution in [-0.2, 0) is 28.7 Å². The zero-order valence-electron chi connectivity index (χ0n) is 15.5. The molecule has 0 aliphatic carbocycles. The van der Waals surface area contributed by atoms with Gasteiger partial charge in [0.25, 0.3) is 11.8 Å². The molecular weight excluding hydrogens is 372 g/mol. The first kappa shape index (κ1) is 27.0. The molecule has 0 saturated carbocycles. The predicted octanol–water partition coefficient (Wildman–Crippen LogP) is -1.24. The van der Waals surface area contributed by atoms with Gasteiger partial charge >= 0.3 is 11.9 Å². The third-order valence-electron chi connectivity index (χ3n) is 2.58. The van der Waals surface area contributed by atoms with Crippen LogP contribution in [0.2, 0.25) is 0 Å². The minimum atomic E-state index is -1.80. The topological polar surface area (TPSA) is 151 Å². The molecule has 4 N–H and O–H groups in total. The highest BCUT2D eigenvalue weighted by Crippen LogP contribution is 1.94. The van der Waals surface area contributed by atoms with E-state index in [1.54, 1.807) is 0 Å². The average molecular weight is 398 g/mol. The largest absolute Gasteiger partial charge is 0.459 e. The lowest BCUT2D eigenvalue weighted by Crippen LogP contribution is -2.49. The number of esters is 2. The molecular formula is C18H26N2O8. The third-order valence-corrected chi connectivity index (χ3v) is 2.58. The molecule has 0 fully saturated rings. The van der Waals surface area contributed by atoms with Crippen molar-refractivity contribution in [1.82, 2.24) is 10.6 Å². The number of rotatable bonds is 12. The number of nitrogens with one attached hydrogen (secondary N) is 2. The Bertz CT molecular complexity index is 524. The summed E-state index contributed by atoms with van der Waals surface area (Å²) in [5.74, 6) is -2.74. The first-order valence-corrected chi connectivity index (χ1v) is 7.96. The van der Waals surface area contributed by atoms with Gasteiger partial charge in [0.15, 0.2) is 12.2 Å². The summed E-state index contributed by atoms with van der Waals surface area (Å²) in [6.45, 7) is 13.5. The van der Waals surface area contributed by atoms with Crippen molar-refractivity contribution in [1.29, 1.82) is 0 Å². The minimum absolute atomic E-state index is 0.0322. The average Bonchev–Trinajstić information content (AvgIpc) is 2.71. The zero-order chi connectivity index (χ0) is 21.9. The fraction of sp³-hybridized carbons (Fsp3) is 0.333. The maximum absolute atomic E-state index is 11.2. The summed E-state index contributed by atoms with van der Waals surface area (Å²) in [7, 11) is 0. The molecule has 0 bridgehead atoms. The number of ether oxygens (including phenoxy) is 2. The fourth-order valence-electron chi connectivity index (χ4n) is 1.24. The molecule has 28 heavy (non-hydrogen) atoms. The highest BCUT2D eigenvalue weighted by atomic mass is 16.6. The second-order valence-electron chi connectivity index (χ2n) is 4.70. The number of hydrogen-bond donors (Lipinski definition) is 4. The maximum Gasteiger partial charge on any atom is 0.330 e. The Kier molecular flexibility index (Phi) is 16.6. The molecule has 0 saturated heterocycles. The van der Waals surface area contributed by atoms with E-state index in [4.69, 9.17) is 0 Å². The standard InChI is InChI=1S/C10H16N2O4.C8H10O4/c1-3-5-11-9(15)7(13)8(14)10(16)12-6-4-2;1-3-7(9)11-5-6-12-8(10)4-2/h3-4,7-8,13-14H,1-2,5-6H2,(H,11,15)(H,12,16);3-4H,1-2,5-6H2. The van der Waals surface area contributed by atoms with E-state index in [2.05, 4.69) is 46.4 Å². The van der Waals surface area contributed by atoms with Gasteiger partial charge in [-0.3, -0.25) is 9.59 Å². The quantitative estimate of drug-likeness (QED) is 0.138. The smallest absolute Gasteiger partial charge is 0.330 e. The lowest BCUT2D eigenvalue weighted by Gasteiger charge is -2.16. The van der Waals surface area contributed by atoms with Gasteiger partial charge in [-0.25, -0.2) is 9.59 Å². The van der Waals surface area contributed by atoms with Crippen LogP contribution in [0.25, 0.3) is 0 Å². The van der Waals surface area contributed by atoms with Gasteiger partial charge in [0, 0.05) is 25.2 Å². The minimum Gasteiger partial charge on any atom is -0.459 e. The Hall–Kier alpha value is -3.24. The van der Waals surface area contributed by atoms with E-state index >= 15 is 0 Å². The Morgan fingerprint density at radius 1 is 0.750 bits per heavy atom. The van der Waals surface area contributed by atoms with Crippen molar-refractivity contribution in [2.45, 2.75) is 12.2 Å². The van der Waals surface area contributed by atoms with Crippen LogP contribution in [0, 0.1) is 0 Å². The Labute approximate surface area is 163 Å². The number of aliphatic hydroxyl groups is 2. The van der Waals surface area contributed by atoms with Gasteiger partial charge in [-0.05, 0) is 0 Å². The van der Waals surface area contributed by atoms with Gasteiger partial charge in [0.2, 0.25) is 0 Å². The van der Waals surface area contributed by atoms with Gasteiger partial charge in [0.1, 0.15) is 13.2 Å². The highest BCUT2D eigenvalue weighted by molar-refractivity contribution is 5.90. The number of amides is 2. The molecule has 0 aromatic heterocycles. The van der Waals surface area contributed by atoms with Crippen LogP contribution in [0.4, 0.5) is 0 Å². The van der Waals surface area contributed by atoms with Gasteiger partial charge in [-0.15, -0.1) is 13.2 Å². The molecule has 0 aromatic rings. The van der Waals surface area contributed by atoms with Crippen LogP contribution in [0.15, 0.2) is 50.6 Å². The maximum atomic E-state index is 11.2. The highest BCUT2D eigenvalue weighted by Gasteiger charge is 2.29. The Balaban J connectivity index is 0.